The van der Waals surface area contributed by atoms with Gasteiger partial charge in [0.2, 0.25) is 11.8 Å². The van der Waals surface area contributed by atoms with Crippen molar-refractivity contribution in [3.63, 3.8) is 0 Å². The van der Waals surface area contributed by atoms with Gasteiger partial charge < -0.3 is 19.9 Å². The van der Waals surface area contributed by atoms with E-state index in [-0.39, 0.29) is 30.3 Å². The minimum atomic E-state index is -0.175. The highest BCUT2D eigenvalue weighted by Gasteiger charge is 2.35. The van der Waals surface area contributed by atoms with Gasteiger partial charge in [-0.1, -0.05) is 6.92 Å². The Kier molecular flexibility index (Phi) is 5.37. The third-order valence-electron chi connectivity index (χ3n) is 4.07. The maximum atomic E-state index is 12.4. The smallest absolute Gasteiger partial charge is 0.242 e. The standard InChI is InChI=1S/C14H25N3O3/c1-3-15-12-10-20-9-11(12)14(19)16(2)8-13(18)17-6-4-5-7-17/h11-12,15H,3-10H2,1-2H3. The van der Waals surface area contributed by atoms with Crippen LogP contribution in [-0.4, -0.2) is 74.1 Å². The molecular weight excluding hydrogens is 258 g/mol. The number of hydrogen-bond acceptors (Lipinski definition) is 4. The van der Waals surface area contributed by atoms with E-state index in [9.17, 15) is 9.59 Å². The SMILES string of the molecule is CCNC1COCC1C(=O)N(C)CC(=O)N1CCCC1. The number of amides is 2. The van der Waals surface area contributed by atoms with E-state index in [1.165, 1.54) is 0 Å². The molecule has 1 N–H and O–H groups in total. The third kappa shape index (κ3) is 3.49. The lowest BCUT2D eigenvalue weighted by molar-refractivity contribution is -0.141. The lowest BCUT2D eigenvalue weighted by atomic mass is 10.0. The van der Waals surface area contributed by atoms with E-state index in [1.807, 2.05) is 11.8 Å². The van der Waals surface area contributed by atoms with E-state index in [0.717, 1.165) is 32.5 Å². The van der Waals surface area contributed by atoms with Crippen molar-refractivity contribution in [2.45, 2.75) is 25.8 Å². The molecule has 2 aliphatic rings. The summed E-state index contributed by atoms with van der Waals surface area (Å²) < 4.78 is 5.39. The Bertz CT molecular complexity index is 356. The average Bonchev–Trinajstić information content (AvgIpc) is 3.09. The molecule has 2 amide bonds. The van der Waals surface area contributed by atoms with Crippen LogP contribution in [0.25, 0.3) is 0 Å². The van der Waals surface area contributed by atoms with Crippen LogP contribution in [0, 0.1) is 5.92 Å². The summed E-state index contributed by atoms with van der Waals surface area (Å²) in [5.41, 5.74) is 0. The van der Waals surface area contributed by atoms with Gasteiger partial charge in [0.1, 0.15) is 0 Å². The van der Waals surface area contributed by atoms with Gasteiger partial charge in [0.15, 0.2) is 0 Å². The van der Waals surface area contributed by atoms with Crippen molar-refractivity contribution in [3.8, 4) is 0 Å². The molecule has 20 heavy (non-hydrogen) atoms. The van der Waals surface area contributed by atoms with Gasteiger partial charge in [0.25, 0.3) is 0 Å². The molecule has 2 atom stereocenters. The van der Waals surface area contributed by atoms with Crippen molar-refractivity contribution in [2.24, 2.45) is 5.92 Å². The van der Waals surface area contributed by atoms with Crippen molar-refractivity contribution in [1.29, 1.82) is 0 Å². The van der Waals surface area contributed by atoms with Crippen molar-refractivity contribution in [3.05, 3.63) is 0 Å². The Labute approximate surface area is 120 Å². The van der Waals surface area contributed by atoms with Gasteiger partial charge in [-0.3, -0.25) is 9.59 Å². The molecule has 0 radical (unpaired) electrons. The number of nitrogens with one attached hydrogen (secondary N) is 1. The molecule has 0 aromatic carbocycles. The van der Waals surface area contributed by atoms with E-state index in [4.69, 9.17) is 4.74 Å². The molecule has 0 spiro atoms. The maximum absolute atomic E-state index is 12.4. The number of carbonyl (C=O) groups is 2. The van der Waals surface area contributed by atoms with Crippen LogP contribution in [0.5, 0.6) is 0 Å². The van der Waals surface area contributed by atoms with Crippen LogP contribution in [0.15, 0.2) is 0 Å². The van der Waals surface area contributed by atoms with Crippen molar-refractivity contribution < 1.29 is 14.3 Å². The van der Waals surface area contributed by atoms with Gasteiger partial charge in [-0.2, -0.15) is 0 Å². The van der Waals surface area contributed by atoms with Gasteiger partial charge in [0.05, 0.1) is 25.7 Å². The van der Waals surface area contributed by atoms with E-state index in [2.05, 4.69) is 5.32 Å². The topological polar surface area (TPSA) is 61.9 Å². The Hall–Kier alpha value is -1.14. The van der Waals surface area contributed by atoms with Gasteiger partial charge >= 0.3 is 0 Å². The predicted octanol–water partition coefficient (Wildman–Crippen LogP) is -0.308. The quantitative estimate of drug-likeness (QED) is 0.752. The molecule has 0 aliphatic carbocycles. The minimum Gasteiger partial charge on any atom is -0.379 e. The van der Waals surface area contributed by atoms with Crippen LogP contribution >= 0.6 is 0 Å². The summed E-state index contributed by atoms with van der Waals surface area (Å²) in [6.07, 6.45) is 2.14. The molecule has 6 heteroatoms. The second-order valence-corrected chi connectivity index (χ2v) is 5.59. The second kappa shape index (κ2) is 7.04. The van der Waals surface area contributed by atoms with Crippen molar-refractivity contribution in [2.75, 3.05) is 46.4 Å². The number of carbonyl (C=O) groups excluding carboxylic acids is 2. The number of nitrogens with zero attached hydrogens (tertiary/aromatic N) is 2. The molecule has 114 valence electrons. The second-order valence-electron chi connectivity index (χ2n) is 5.59. The van der Waals surface area contributed by atoms with Crippen LogP contribution in [0.1, 0.15) is 19.8 Å². The normalized spacial score (nSPS) is 26.0. The van der Waals surface area contributed by atoms with Gasteiger partial charge in [-0.15, -0.1) is 0 Å². The molecular formula is C14H25N3O3. The third-order valence-corrected chi connectivity index (χ3v) is 4.07. The Balaban J connectivity index is 1.86. The maximum Gasteiger partial charge on any atom is 0.242 e. The monoisotopic (exact) mass is 283 g/mol. The van der Waals surface area contributed by atoms with Gasteiger partial charge in [-0.05, 0) is 19.4 Å². The molecule has 2 saturated heterocycles. The first-order chi connectivity index (χ1) is 9.63. The van der Waals surface area contributed by atoms with E-state index >= 15 is 0 Å². The van der Waals surface area contributed by atoms with Crippen LogP contribution in [0.4, 0.5) is 0 Å². The lowest BCUT2D eigenvalue weighted by Crippen LogP contribution is -2.47. The molecule has 2 unspecified atom stereocenters. The summed E-state index contributed by atoms with van der Waals surface area (Å²) in [7, 11) is 1.71. The van der Waals surface area contributed by atoms with Crippen molar-refractivity contribution >= 4 is 11.8 Å². The van der Waals surface area contributed by atoms with Crippen molar-refractivity contribution in [1.82, 2.24) is 15.1 Å². The predicted molar refractivity (Wildman–Crippen MR) is 75.2 cm³/mol. The first kappa shape index (κ1) is 15.3. The summed E-state index contributed by atoms with van der Waals surface area (Å²) in [5, 5.41) is 3.27. The molecule has 6 nitrogen and oxygen atoms in total. The Morgan fingerprint density at radius 1 is 1.30 bits per heavy atom. The fourth-order valence-electron chi connectivity index (χ4n) is 2.89. The van der Waals surface area contributed by atoms with E-state index < -0.39 is 0 Å². The van der Waals surface area contributed by atoms with Crippen LogP contribution in [-0.2, 0) is 14.3 Å². The summed E-state index contributed by atoms with van der Waals surface area (Å²) in [6.45, 7) is 5.67. The zero-order valence-corrected chi connectivity index (χ0v) is 12.4. The molecule has 0 bridgehead atoms. The summed E-state index contributed by atoms with van der Waals surface area (Å²) >= 11 is 0. The fraction of sp³-hybridized carbons (Fsp3) is 0.857. The highest BCUT2D eigenvalue weighted by Crippen LogP contribution is 2.16. The highest BCUT2D eigenvalue weighted by atomic mass is 16.5. The molecule has 0 saturated carbocycles. The lowest BCUT2D eigenvalue weighted by Gasteiger charge is -2.25. The number of likely N-dealkylation sites (tertiary alicyclic amines) is 1. The molecule has 2 heterocycles. The molecule has 0 aromatic heterocycles. The van der Waals surface area contributed by atoms with Crippen LogP contribution in [0.2, 0.25) is 0 Å². The van der Waals surface area contributed by atoms with Gasteiger partial charge in [-0.25, -0.2) is 0 Å². The summed E-state index contributed by atoms with van der Waals surface area (Å²) in [5.74, 6) is -0.121. The highest BCUT2D eigenvalue weighted by molar-refractivity contribution is 5.86. The Morgan fingerprint density at radius 2 is 2.00 bits per heavy atom. The molecule has 2 rings (SSSR count). The largest absolute Gasteiger partial charge is 0.379 e. The zero-order chi connectivity index (χ0) is 14.5. The summed E-state index contributed by atoms with van der Waals surface area (Å²) in [6, 6.07) is 0.0665. The zero-order valence-electron chi connectivity index (χ0n) is 12.4. The number of hydrogen-bond donors (Lipinski definition) is 1. The number of rotatable bonds is 5. The molecule has 2 aliphatic heterocycles. The van der Waals surface area contributed by atoms with Gasteiger partial charge in [0, 0.05) is 26.2 Å². The molecule has 0 aromatic rings. The fourth-order valence-corrected chi connectivity index (χ4v) is 2.89. The number of ether oxygens (including phenoxy) is 1. The average molecular weight is 283 g/mol. The molecule has 2 fully saturated rings. The van der Waals surface area contributed by atoms with E-state index in [1.54, 1.807) is 11.9 Å². The van der Waals surface area contributed by atoms with Crippen LogP contribution < -0.4 is 5.32 Å². The first-order valence-corrected chi connectivity index (χ1v) is 7.47. The minimum absolute atomic E-state index is 0.000923. The summed E-state index contributed by atoms with van der Waals surface area (Å²) in [4.78, 5) is 27.9. The van der Waals surface area contributed by atoms with E-state index in [0.29, 0.717) is 13.2 Å². The van der Waals surface area contributed by atoms with Crippen LogP contribution in [0.3, 0.4) is 0 Å². The number of likely N-dealkylation sites (N-methyl/N-ethyl adjacent to an activating group) is 2. The Morgan fingerprint density at radius 3 is 2.65 bits per heavy atom. The first-order valence-electron chi connectivity index (χ1n) is 7.47.